The van der Waals surface area contributed by atoms with Gasteiger partial charge in [0.25, 0.3) is 0 Å². The standard InChI is InChI=1S/C17H26Cl2N2O3S/c1-4-6-7-13(5-2)11-20-17(22)12-21(25(3,23)24)16-10-14(18)8-9-15(16)19/h8-10,13H,4-7,11-12H2,1-3H3,(H,20,22)/t13-/m1/s1. The third-order valence-electron chi connectivity index (χ3n) is 4.00. The summed E-state index contributed by atoms with van der Waals surface area (Å²) in [6.07, 6.45) is 5.27. The van der Waals surface area contributed by atoms with Gasteiger partial charge in [0.15, 0.2) is 0 Å². The second kappa shape index (κ2) is 10.2. The van der Waals surface area contributed by atoms with Crippen LogP contribution in [0.2, 0.25) is 10.0 Å². The quantitative estimate of drug-likeness (QED) is 0.633. The third-order valence-corrected chi connectivity index (χ3v) is 5.68. The summed E-state index contributed by atoms with van der Waals surface area (Å²) in [4.78, 5) is 12.3. The lowest BCUT2D eigenvalue weighted by atomic mass is 9.99. The molecule has 0 radical (unpaired) electrons. The molecular formula is C17H26Cl2N2O3S. The predicted octanol–water partition coefficient (Wildman–Crippen LogP) is 4.09. The molecule has 1 atom stereocenters. The van der Waals surface area contributed by atoms with Crippen molar-refractivity contribution in [3.05, 3.63) is 28.2 Å². The molecule has 0 bridgehead atoms. The molecule has 1 amide bonds. The molecule has 0 heterocycles. The Bertz CT molecular complexity index is 680. The lowest BCUT2D eigenvalue weighted by Gasteiger charge is -2.24. The van der Waals surface area contributed by atoms with E-state index in [2.05, 4.69) is 19.2 Å². The monoisotopic (exact) mass is 408 g/mol. The van der Waals surface area contributed by atoms with Crippen LogP contribution in [0.1, 0.15) is 39.5 Å². The number of benzene rings is 1. The molecule has 142 valence electrons. The zero-order valence-electron chi connectivity index (χ0n) is 14.9. The van der Waals surface area contributed by atoms with Crippen LogP contribution >= 0.6 is 23.2 Å². The van der Waals surface area contributed by atoms with Gasteiger partial charge in [-0.05, 0) is 30.5 Å². The summed E-state index contributed by atoms with van der Waals surface area (Å²) in [6.45, 7) is 4.42. The van der Waals surface area contributed by atoms with Gasteiger partial charge in [0.1, 0.15) is 6.54 Å². The number of hydrogen-bond acceptors (Lipinski definition) is 3. The second-order valence-corrected chi connectivity index (χ2v) is 8.84. The third kappa shape index (κ3) is 7.42. The van der Waals surface area contributed by atoms with Crippen molar-refractivity contribution in [3.63, 3.8) is 0 Å². The summed E-state index contributed by atoms with van der Waals surface area (Å²) >= 11 is 12.0. The van der Waals surface area contributed by atoms with Crippen molar-refractivity contribution < 1.29 is 13.2 Å². The minimum absolute atomic E-state index is 0.199. The minimum Gasteiger partial charge on any atom is -0.354 e. The van der Waals surface area contributed by atoms with Gasteiger partial charge in [-0.2, -0.15) is 0 Å². The van der Waals surface area contributed by atoms with Crippen LogP contribution in [0.5, 0.6) is 0 Å². The molecule has 8 heteroatoms. The van der Waals surface area contributed by atoms with Gasteiger partial charge in [-0.25, -0.2) is 8.42 Å². The Labute approximate surface area is 160 Å². The molecule has 1 aromatic rings. The molecule has 25 heavy (non-hydrogen) atoms. The highest BCUT2D eigenvalue weighted by atomic mass is 35.5. The summed E-state index contributed by atoms with van der Waals surface area (Å²) in [5, 5.41) is 3.39. The van der Waals surface area contributed by atoms with Crippen molar-refractivity contribution in [1.82, 2.24) is 5.32 Å². The number of anilines is 1. The Kier molecular flexibility index (Phi) is 9.03. The van der Waals surface area contributed by atoms with Gasteiger partial charge >= 0.3 is 0 Å². The number of unbranched alkanes of at least 4 members (excludes halogenated alkanes) is 1. The van der Waals surface area contributed by atoms with Crippen LogP contribution in [0.3, 0.4) is 0 Å². The topological polar surface area (TPSA) is 66.5 Å². The van der Waals surface area contributed by atoms with Crippen LogP contribution in [-0.2, 0) is 14.8 Å². The van der Waals surface area contributed by atoms with E-state index in [4.69, 9.17) is 23.2 Å². The average molecular weight is 409 g/mol. The molecule has 1 N–H and O–H groups in total. The van der Waals surface area contributed by atoms with Gasteiger partial charge in [-0.1, -0.05) is 56.3 Å². The van der Waals surface area contributed by atoms with Crippen LogP contribution in [0.25, 0.3) is 0 Å². The highest BCUT2D eigenvalue weighted by molar-refractivity contribution is 7.92. The molecule has 0 spiro atoms. The number of rotatable bonds is 10. The van der Waals surface area contributed by atoms with Crippen LogP contribution in [0.15, 0.2) is 18.2 Å². The molecule has 0 saturated carbocycles. The van der Waals surface area contributed by atoms with Crippen LogP contribution in [-0.4, -0.2) is 33.7 Å². The molecule has 1 rings (SSSR count). The number of halogens is 2. The first-order valence-electron chi connectivity index (χ1n) is 8.38. The van der Waals surface area contributed by atoms with Crippen molar-refractivity contribution in [2.75, 3.05) is 23.7 Å². The first-order valence-corrected chi connectivity index (χ1v) is 11.0. The Balaban J connectivity index is 2.83. The second-order valence-electron chi connectivity index (χ2n) is 6.09. The van der Waals surface area contributed by atoms with Gasteiger partial charge in [0, 0.05) is 11.6 Å². The molecule has 5 nitrogen and oxygen atoms in total. The fourth-order valence-electron chi connectivity index (χ4n) is 2.45. The molecule has 0 aliphatic heterocycles. The Morgan fingerprint density at radius 1 is 1.28 bits per heavy atom. The van der Waals surface area contributed by atoms with E-state index in [0.717, 1.165) is 36.2 Å². The Morgan fingerprint density at radius 2 is 1.96 bits per heavy atom. The maximum absolute atomic E-state index is 12.3. The molecule has 1 aromatic carbocycles. The van der Waals surface area contributed by atoms with Gasteiger partial charge < -0.3 is 5.32 Å². The fraction of sp³-hybridized carbons (Fsp3) is 0.588. The number of carbonyl (C=O) groups excluding carboxylic acids is 1. The molecule has 0 aromatic heterocycles. The maximum Gasteiger partial charge on any atom is 0.240 e. The largest absolute Gasteiger partial charge is 0.354 e. The molecule has 0 aliphatic carbocycles. The zero-order chi connectivity index (χ0) is 19.0. The summed E-state index contributed by atoms with van der Waals surface area (Å²) in [5.41, 5.74) is 0.199. The van der Waals surface area contributed by atoms with Gasteiger partial charge in [0.05, 0.1) is 17.0 Å². The van der Waals surface area contributed by atoms with E-state index in [1.165, 1.54) is 12.1 Å². The van der Waals surface area contributed by atoms with Gasteiger partial charge in [-0.15, -0.1) is 0 Å². The Hall–Kier alpha value is -0.980. The fourth-order valence-corrected chi connectivity index (χ4v) is 3.74. The van der Waals surface area contributed by atoms with E-state index in [-0.39, 0.29) is 23.2 Å². The van der Waals surface area contributed by atoms with Crippen molar-refractivity contribution in [1.29, 1.82) is 0 Å². The lowest BCUT2D eigenvalue weighted by Crippen LogP contribution is -2.41. The van der Waals surface area contributed by atoms with Crippen LogP contribution in [0, 0.1) is 5.92 Å². The minimum atomic E-state index is -3.68. The molecule has 0 aliphatic rings. The van der Waals surface area contributed by atoms with E-state index in [0.29, 0.717) is 17.5 Å². The summed E-state index contributed by atoms with van der Waals surface area (Å²) in [6, 6.07) is 4.51. The van der Waals surface area contributed by atoms with Crippen molar-refractivity contribution in [3.8, 4) is 0 Å². The molecular weight excluding hydrogens is 383 g/mol. The molecule has 0 saturated heterocycles. The van der Waals surface area contributed by atoms with Gasteiger partial charge in [-0.3, -0.25) is 9.10 Å². The average Bonchev–Trinajstić information content (AvgIpc) is 2.54. The number of hydrogen-bond donors (Lipinski definition) is 1. The highest BCUT2D eigenvalue weighted by Crippen LogP contribution is 2.30. The lowest BCUT2D eigenvalue weighted by molar-refractivity contribution is -0.119. The number of sulfonamides is 1. The number of amides is 1. The van der Waals surface area contributed by atoms with E-state index in [9.17, 15) is 13.2 Å². The highest BCUT2D eigenvalue weighted by Gasteiger charge is 2.23. The summed E-state index contributed by atoms with van der Waals surface area (Å²) < 4.78 is 25.2. The SMILES string of the molecule is CCCC[C@@H](CC)CNC(=O)CN(c1cc(Cl)ccc1Cl)S(C)(=O)=O. The number of carbonyl (C=O) groups is 1. The van der Waals surface area contributed by atoms with Crippen molar-refractivity contribution in [2.24, 2.45) is 5.92 Å². The van der Waals surface area contributed by atoms with Crippen LogP contribution < -0.4 is 9.62 Å². The van der Waals surface area contributed by atoms with E-state index in [1.54, 1.807) is 6.07 Å². The normalized spacial score (nSPS) is 12.7. The summed E-state index contributed by atoms with van der Waals surface area (Å²) in [7, 11) is -3.68. The summed E-state index contributed by atoms with van der Waals surface area (Å²) in [5.74, 6) is 0.0294. The molecule has 0 fully saturated rings. The Morgan fingerprint density at radius 3 is 2.52 bits per heavy atom. The van der Waals surface area contributed by atoms with Crippen LogP contribution in [0.4, 0.5) is 5.69 Å². The number of nitrogens with zero attached hydrogens (tertiary/aromatic N) is 1. The smallest absolute Gasteiger partial charge is 0.240 e. The molecule has 0 unspecified atom stereocenters. The predicted molar refractivity (Wildman–Crippen MR) is 105 cm³/mol. The van der Waals surface area contributed by atoms with E-state index in [1.807, 2.05) is 0 Å². The number of nitrogens with one attached hydrogen (secondary N) is 1. The van der Waals surface area contributed by atoms with Gasteiger partial charge in [0.2, 0.25) is 15.9 Å². The van der Waals surface area contributed by atoms with Crippen molar-refractivity contribution in [2.45, 2.75) is 39.5 Å². The maximum atomic E-state index is 12.3. The van der Waals surface area contributed by atoms with Crippen molar-refractivity contribution >= 4 is 44.8 Å². The zero-order valence-corrected chi connectivity index (χ0v) is 17.2. The van der Waals surface area contributed by atoms with E-state index < -0.39 is 10.0 Å². The van der Waals surface area contributed by atoms with E-state index >= 15 is 0 Å². The first-order chi connectivity index (χ1) is 11.7. The first kappa shape index (κ1) is 22.1.